The molecule has 3 aromatic rings. The van der Waals surface area contributed by atoms with E-state index in [0.29, 0.717) is 10.8 Å². The van der Waals surface area contributed by atoms with Crippen molar-refractivity contribution in [2.75, 3.05) is 7.11 Å². The summed E-state index contributed by atoms with van der Waals surface area (Å²) in [6, 6.07) is 17.6. The average molecular weight is 392 g/mol. The number of rotatable bonds is 3. The van der Waals surface area contributed by atoms with Gasteiger partial charge >= 0.3 is 0 Å². The number of hydrazine groups is 1. The van der Waals surface area contributed by atoms with Crippen molar-refractivity contribution >= 4 is 17.3 Å². The number of methoxy groups -OCH3 is 1. The van der Waals surface area contributed by atoms with Crippen LogP contribution in [0.1, 0.15) is 29.0 Å². The summed E-state index contributed by atoms with van der Waals surface area (Å²) < 4.78 is 12.0. The molecule has 140 valence electrons. The molecule has 1 N–H and O–H groups in total. The smallest absolute Gasteiger partial charge is 0.197 e. The number of halogens is 1. The average Bonchev–Trinajstić information content (AvgIpc) is 3.20. The summed E-state index contributed by atoms with van der Waals surface area (Å²) in [6.07, 6.45) is 5.38. The lowest BCUT2D eigenvalue weighted by Gasteiger charge is -2.39. The summed E-state index contributed by atoms with van der Waals surface area (Å²) >= 11 is 6.51. The summed E-state index contributed by atoms with van der Waals surface area (Å²) in [5, 5.41) is 2.73. The number of pyridine rings is 1. The van der Waals surface area contributed by atoms with Crippen molar-refractivity contribution in [3.8, 4) is 11.5 Å². The highest BCUT2D eigenvalue weighted by molar-refractivity contribution is 6.31. The molecular weight excluding hydrogens is 374 g/mol. The van der Waals surface area contributed by atoms with E-state index in [1.807, 2.05) is 54.7 Å². The Bertz CT molecular complexity index is 1050. The first-order valence-corrected chi connectivity index (χ1v) is 9.39. The number of fused-ring (bicyclic) bond motifs is 3. The zero-order chi connectivity index (χ0) is 19.1. The van der Waals surface area contributed by atoms with Gasteiger partial charge in [0.05, 0.1) is 18.8 Å². The molecule has 0 saturated carbocycles. The van der Waals surface area contributed by atoms with E-state index in [1.165, 1.54) is 0 Å². The number of ether oxygens (including phenoxy) is 2. The maximum absolute atomic E-state index is 6.51. The Balaban J connectivity index is 1.65. The number of nitrogens with one attached hydrogen (secondary N) is 1. The summed E-state index contributed by atoms with van der Waals surface area (Å²) in [4.78, 5) is 4.24. The molecule has 0 fully saturated rings. The summed E-state index contributed by atoms with van der Waals surface area (Å²) in [5.74, 6) is 1.44. The SMILES string of the molecule is COc1cccc2c1OC(c1ccccc1Cl)N1NC(c3cccnc3)=CC21. The largest absolute Gasteiger partial charge is 0.493 e. The van der Waals surface area contributed by atoms with Crippen LogP contribution in [0.3, 0.4) is 0 Å². The minimum atomic E-state index is -0.409. The van der Waals surface area contributed by atoms with Gasteiger partial charge in [0.15, 0.2) is 17.7 Å². The third-order valence-electron chi connectivity index (χ3n) is 5.05. The molecule has 0 aliphatic carbocycles. The summed E-state index contributed by atoms with van der Waals surface area (Å²) in [7, 11) is 1.65. The van der Waals surface area contributed by atoms with Crippen LogP contribution in [-0.2, 0) is 0 Å². The number of aromatic nitrogens is 1. The van der Waals surface area contributed by atoms with Crippen LogP contribution in [0.2, 0.25) is 5.02 Å². The number of benzene rings is 2. The molecule has 2 aromatic carbocycles. The molecule has 5 rings (SSSR count). The predicted octanol–water partition coefficient (Wildman–Crippen LogP) is 4.74. The Morgan fingerprint density at radius 2 is 1.93 bits per heavy atom. The number of hydrogen-bond donors (Lipinski definition) is 1. The van der Waals surface area contributed by atoms with Gasteiger partial charge in [-0.3, -0.25) is 4.98 Å². The molecule has 3 heterocycles. The van der Waals surface area contributed by atoms with E-state index < -0.39 is 6.23 Å². The van der Waals surface area contributed by atoms with E-state index in [9.17, 15) is 0 Å². The summed E-state index contributed by atoms with van der Waals surface area (Å²) in [5.41, 5.74) is 7.41. The lowest BCUT2D eigenvalue weighted by molar-refractivity contribution is -0.0342. The Hall–Kier alpha value is -3.02. The van der Waals surface area contributed by atoms with E-state index >= 15 is 0 Å². The first-order chi connectivity index (χ1) is 13.8. The quantitative estimate of drug-likeness (QED) is 0.698. The standard InChI is InChI=1S/C22H18ClN3O2/c1-27-20-10-4-8-16-19-12-18(14-6-5-11-24-13-14)25-26(19)22(28-21(16)20)15-7-2-3-9-17(15)23/h2-13,19,22,25H,1H3. The van der Waals surface area contributed by atoms with Crippen molar-refractivity contribution in [3.63, 3.8) is 0 Å². The monoisotopic (exact) mass is 391 g/mol. The molecule has 0 radical (unpaired) electrons. The van der Waals surface area contributed by atoms with Gasteiger partial charge in [-0.25, -0.2) is 0 Å². The lowest BCUT2D eigenvalue weighted by atomic mass is 10.0. The van der Waals surface area contributed by atoms with Gasteiger partial charge < -0.3 is 14.9 Å². The van der Waals surface area contributed by atoms with Crippen LogP contribution in [0.5, 0.6) is 11.5 Å². The third-order valence-corrected chi connectivity index (χ3v) is 5.39. The molecule has 0 amide bonds. The third kappa shape index (κ3) is 2.71. The van der Waals surface area contributed by atoms with Crippen molar-refractivity contribution in [3.05, 3.63) is 94.8 Å². The van der Waals surface area contributed by atoms with Gasteiger partial charge in [-0.1, -0.05) is 41.9 Å². The zero-order valence-electron chi connectivity index (χ0n) is 15.2. The molecule has 2 aliphatic rings. The predicted molar refractivity (Wildman–Crippen MR) is 108 cm³/mol. The highest BCUT2D eigenvalue weighted by Gasteiger charge is 2.42. The van der Waals surface area contributed by atoms with Crippen LogP contribution in [0.15, 0.2) is 73.1 Å². The molecule has 0 saturated heterocycles. The maximum Gasteiger partial charge on any atom is 0.197 e. The number of hydrogen-bond acceptors (Lipinski definition) is 5. The number of nitrogens with zero attached hydrogens (tertiary/aromatic N) is 2. The van der Waals surface area contributed by atoms with E-state index in [4.69, 9.17) is 21.1 Å². The molecule has 2 unspecified atom stereocenters. The van der Waals surface area contributed by atoms with Crippen molar-refractivity contribution < 1.29 is 9.47 Å². The van der Waals surface area contributed by atoms with Gasteiger partial charge in [0, 0.05) is 34.1 Å². The summed E-state index contributed by atoms with van der Waals surface area (Å²) in [6.45, 7) is 0. The molecule has 0 spiro atoms. The van der Waals surface area contributed by atoms with Gasteiger partial charge in [0.25, 0.3) is 0 Å². The van der Waals surface area contributed by atoms with E-state index in [2.05, 4.69) is 27.6 Å². The van der Waals surface area contributed by atoms with Crippen LogP contribution < -0.4 is 14.9 Å². The van der Waals surface area contributed by atoms with Gasteiger partial charge in [-0.2, -0.15) is 5.01 Å². The van der Waals surface area contributed by atoms with Gasteiger partial charge in [0.2, 0.25) is 0 Å². The van der Waals surface area contributed by atoms with Crippen LogP contribution in [0, 0.1) is 0 Å². The Morgan fingerprint density at radius 3 is 2.71 bits per heavy atom. The molecule has 2 aliphatic heterocycles. The molecule has 5 nitrogen and oxygen atoms in total. The molecule has 6 heteroatoms. The normalized spacial score (nSPS) is 20.4. The van der Waals surface area contributed by atoms with Gasteiger partial charge in [-0.15, -0.1) is 0 Å². The van der Waals surface area contributed by atoms with Gasteiger partial charge in [-0.05, 0) is 30.3 Å². The molecular formula is C22H18ClN3O2. The molecule has 28 heavy (non-hydrogen) atoms. The Labute approximate surface area is 168 Å². The zero-order valence-corrected chi connectivity index (χ0v) is 15.9. The first-order valence-electron chi connectivity index (χ1n) is 9.01. The fraction of sp³-hybridized carbons (Fsp3) is 0.136. The van der Waals surface area contributed by atoms with Crippen molar-refractivity contribution in [2.24, 2.45) is 0 Å². The van der Waals surface area contributed by atoms with E-state index in [0.717, 1.165) is 28.1 Å². The van der Waals surface area contributed by atoms with E-state index in [-0.39, 0.29) is 6.04 Å². The minimum Gasteiger partial charge on any atom is -0.493 e. The van der Waals surface area contributed by atoms with Crippen molar-refractivity contribution in [2.45, 2.75) is 12.3 Å². The highest BCUT2D eigenvalue weighted by Crippen LogP contribution is 2.50. The van der Waals surface area contributed by atoms with Crippen LogP contribution >= 0.6 is 11.6 Å². The van der Waals surface area contributed by atoms with Crippen LogP contribution in [0.25, 0.3) is 5.70 Å². The lowest BCUT2D eigenvalue weighted by Crippen LogP contribution is -2.43. The molecule has 1 aromatic heterocycles. The second-order valence-corrected chi connectivity index (χ2v) is 7.06. The highest BCUT2D eigenvalue weighted by atomic mass is 35.5. The maximum atomic E-state index is 6.51. The fourth-order valence-electron chi connectivity index (χ4n) is 3.72. The second kappa shape index (κ2) is 6.86. The fourth-order valence-corrected chi connectivity index (χ4v) is 3.95. The van der Waals surface area contributed by atoms with Crippen molar-refractivity contribution in [1.82, 2.24) is 15.4 Å². The van der Waals surface area contributed by atoms with Crippen molar-refractivity contribution in [1.29, 1.82) is 0 Å². The van der Waals surface area contributed by atoms with Crippen LogP contribution in [0.4, 0.5) is 0 Å². The first kappa shape index (κ1) is 17.1. The van der Waals surface area contributed by atoms with E-state index in [1.54, 1.807) is 13.3 Å². The molecule has 2 atom stereocenters. The topological polar surface area (TPSA) is 46.6 Å². The number of para-hydroxylation sites is 1. The molecule has 0 bridgehead atoms. The second-order valence-electron chi connectivity index (χ2n) is 6.66. The minimum absolute atomic E-state index is 0.0321. The Kier molecular flexibility index (Phi) is 4.19. The Morgan fingerprint density at radius 1 is 1.07 bits per heavy atom. The van der Waals surface area contributed by atoms with Crippen LogP contribution in [-0.4, -0.2) is 17.1 Å². The van der Waals surface area contributed by atoms with Gasteiger partial charge in [0.1, 0.15) is 0 Å².